The molecule has 0 aliphatic carbocycles. The summed E-state index contributed by atoms with van der Waals surface area (Å²) in [4.78, 5) is 12.0. The van der Waals surface area contributed by atoms with Crippen LogP contribution in [-0.2, 0) is 10.1 Å². The van der Waals surface area contributed by atoms with Crippen LogP contribution in [0.4, 0.5) is 0 Å². The van der Waals surface area contributed by atoms with E-state index < -0.39 is 20.4 Å². The Morgan fingerprint density at radius 1 is 1.20 bits per heavy atom. The molecule has 3 rings (SSSR count). The fourth-order valence-electron chi connectivity index (χ4n) is 2.40. The summed E-state index contributed by atoms with van der Waals surface area (Å²) in [7, 11) is -3.57. The summed E-state index contributed by atoms with van der Waals surface area (Å²) in [5.41, 5.74) is -0.191. The van der Waals surface area contributed by atoms with E-state index in [2.05, 4.69) is 0 Å². The van der Waals surface area contributed by atoms with Crippen LogP contribution in [0.25, 0.3) is 22.1 Å². The normalized spacial score (nSPS) is 11.1. The van der Waals surface area contributed by atoms with Crippen LogP contribution in [0.2, 0.25) is 0 Å². The summed E-state index contributed by atoms with van der Waals surface area (Å²) in [5.74, 6) is -0.380. The Morgan fingerprint density at radius 2 is 1.92 bits per heavy atom. The SMILES string of the molecule is COc1ccc(-c2coc3cccc(O)c3c2=O)cc1S(=O)(=O)[O-].[Na+]. The number of hydrogen-bond acceptors (Lipinski definition) is 7. The standard InChI is InChI=1S/C16H12O7S.Na/c1-22-12-6-5-9(7-14(12)24(19,20)21)10-8-23-13-4-2-3-11(17)15(13)16(10)18;/h2-8,17H,1H3,(H,19,20,21);/q;+1/p-1. The molecule has 1 N–H and O–H groups in total. The number of benzene rings is 2. The fraction of sp³-hybridized carbons (Fsp3) is 0.0625. The van der Waals surface area contributed by atoms with Crippen molar-refractivity contribution in [3.63, 3.8) is 0 Å². The van der Waals surface area contributed by atoms with Crippen LogP contribution in [0.3, 0.4) is 0 Å². The number of fused-ring (bicyclic) bond motifs is 1. The monoisotopic (exact) mass is 370 g/mol. The quantitative estimate of drug-likeness (QED) is 0.468. The Bertz CT molecular complexity index is 1100. The summed E-state index contributed by atoms with van der Waals surface area (Å²) < 4.78 is 44.3. The van der Waals surface area contributed by atoms with E-state index in [0.717, 1.165) is 12.3 Å². The zero-order valence-electron chi connectivity index (χ0n) is 13.3. The molecule has 0 bridgehead atoms. The maximum atomic E-state index is 12.6. The summed E-state index contributed by atoms with van der Waals surface area (Å²) in [5, 5.41) is 9.83. The molecule has 0 saturated carbocycles. The van der Waals surface area contributed by atoms with Crippen molar-refractivity contribution < 1.29 is 56.8 Å². The first-order valence-corrected chi connectivity index (χ1v) is 8.11. The van der Waals surface area contributed by atoms with Gasteiger partial charge in [0.2, 0.25) is 5.43 Å². The molecule has 0 atom stereocenters. The summed E-state index contributed by atoms with van der Waals surface area (Å²) in [6.45, 7) is 0. The molecule has 1 heterocycles. The molecular formula is C16H11NaO7S. The Kier molecular flexibility index (Phi) is 5.60. The molecule has 0 saturated heterocycles. The zero-order valence-corrected chi connectivity index (χ0v) is 16.2. The van der Waals surface area contributed by atoms with Gasteiger partial charge < -0.3 is 18.8 Å². The van der Waals surface area contributed by atoms with Crippen molar-refractivity contribution in [1.82, 2.24) is 0 Å². The first-order chi connectivity index (χ1) is 11.3. The molecule has 0 fully saturated rings. The van der Waals surface area contributed by atoms with Crippen molar-refractivity contribution in [2.75, 3.05) is 7.11 Å². The maximum Gasteiger partial charge on any atom is 1.00 e. The van der Waals surface area contributed by atoms with Crippen molar-refractivity contribution >= 4 is 21.1 Å². The van der Waals surface area contributed by atoms with Gasteiger partial charge in [0, 0.05) is 0 Å². The van der Waals surface area contributed by atoms with Crippen LogP contribution in [0.5, 0.6) is 11.5 Å². The van der Waals surface area contributed by atoms with E-state index in [9.17, 15) is 22.9 Å². The Labute approximate surface area is 164 Å². The average Bonchev–Trinajstić information content (AvgIpc) is 2.54. The number of methoxy groups -OCH3 is 1. The molecule has 2 aromatic carbocycles. The van der Waals surface area contributed by atoms with Gasteiger partial charge in [0.05, 0.1) is 17.6 Å². The smallest absolute Gasteiger partial charge is 0.744 e. The van der Waals surface area contributed by atoms with Crippen LogP contribution < -0.4 is 39.7 Å². The predicted molar refractivity (Wildman–Crippen MR) is 84.1 cm³/mol. The third-order valence-electron chi connectivity index (χ3n) is 3.52. The van der Waals surface area contributed by atoms with E-state index >= 15 is 0 Å². The van der Waals surface area contributed by atoms with Gasteiger partial charge in [0.1, 0.15) is 38.8 Å². The molecule has 0 aliphatic rings. The van der Waals surface area contributed by atoms with Crippen LogP contribution >= 0.6 is 0 Å². The van der Waals surface area contributed by atoms with E-state index in [0.29, 0.717) is 0 Å². The first-order valence-electron chi connectivity index (χ1n) is 6.70. The molecule has 0 radical (unpaired) electrons. The van der Waals surface area contributed by atoms with Crippen LogP contribution in [0, 0.1) is 0 Å². The van der Waals surface area contributed by atoms with E-state index in [1.54, 1.807) is 0 Å². The van der Waals surface area contributed by atoms with Gasteiger partial charge in [-0.05, 0) is 29.8 Å². The summed E-state index contributed by atoms with van der Waals surface area (Å²) >= 11 is 0. The molecule has 9 heteroatoms. The van der Waals surface area contributed by atoms with Gasteiger partial charge >= 0.3 is 29.6 Å². The van der Waals surface area contributed by atoms with E-state index in [4.69, 9.17) is 9.15 Å². The number of phenols is 1. The second-order valence-corrected chi connectivity index (χ2v) is 6.30. The zero-order chi connectivity index (χ0) is 17.5. The molecule has 0 amide bonds. The number of ether oxygens (including phenoxy) is 1. The van der Waals surface area contributed by atoms with Crippen LogP contribution in [-0.4, -0.2) is 25.2 Å². The molecule has 7 nitrogen and oxygen atoms in total. The van der Waals surface area contributed by atoms with Gasteiger partial charge in [-0.15, -0.1) is 0 Å². The van der Waals surface area contributed by atoms with Crippen molar-refractivity contribution in [3.8, 4) is 22.6 Å². The molecule has 0 spiro atoms. The molecule has 25 heavy (non-hydrogen) atoms. The molecule has 3 aromatic rings. The first kappa shape index (κ1) is 19.5. The summed E-state index contributed by atoms with van der Waals surface area (Å²) in [6.07, 6.45) is 1.15. The van der Waals surface area contributed by atoms with Gasteiger partial charge in [0.25, 0.3) is 0 Å². The molecule has 124 valence electrons. The second-order valence-electron chi connectivity index (χ2n) is 4.95. The fourth-order valence-corrected chi connectivity index (χ4v) is 3.06. The topological polar surface area (TPSA) is 117 Å². The van der Waals surface area contributed by atoms with Crippen molar-refractivity contribution in [3.05, 3.63) is 52.9 Å². The minimum Gasteiger partial charge on any atom is -0.744 e. The van der Waals surface area contributed by atoms with Crippen LogP contribution in [0.15, 0.2) is 56.8 Å². The average molecular weight is 370 g/mol. The number of hydrogen-bond donors (Lipinski definition) is 1. The molecule has 0 unspecified atom stereocenters. The summed E-state index contributed by atoms with van der Waals surface area (Å²) in [6, 6.07) is 8.11. The Balaban J connectivity index is 0.00000225. The predicted octanol–water partition coefficient (Wildman–Crippen LogP) is -0.918. The maximum absolute atomic E-state index is 12.6. The minimum absolute atomic E-state index is 0. The Morgan fingerprint density at radius 3 is 2.56 bits per heavy atom. The second kappa shape index (κ2) is 7.19. The third-order valence-corrected chi connectivity index (χ3v) is 4.38. The van der Waals surface area contributed by atoms with Crippen molar-refractivity contribution in [2.45, 2.75) is 4.90 Å². The van der Waals surface area contributed by atoms with Crippen LogP contribution in [0.1, 0.15) is 0 Å². The third kappa shape index (κ3) is 3.58. The molecular weight excluding hydrogens is 359 g/mol. The van der Waals surface area contributed by atoms with E-state index in [1.807, 2.05) is 0 Å². The van der Waals surface area contributed by atoms with Gasteiger partial charge in [-0.1, -0.05) is 12.1 Å². The number of aromatic hydroxyl groups is 1. The van der Waals surface area contributed by atoms with Gasteiger partial charge in [0.15, 0.2) is 0 Å². The van der Waals surface area contributed by atoms with Gasteiger partial charge in [-0.3, -0.25) is 4.79 Å². The number of phenolic OH excluding ortho intramolecular Hbond substituents is 1. The molecule has 0 aliphatic heterocycles. The van der Waals surface area contributed by atoms with Gasteiger partial charge in [-0.2, -0.15) is 0 Å². The van der Waals surface area contributed by atoms with Crippen molar-refractivity contribution in [1.29, 1.82) is 0 Å². The van der Waals surface area contributed by atoms with Gasteiger partial charge in [-0.25, -0.2) is 8.42 Å². The van der Waals surface area contributed by atoms with E-state index in [-0.39, 0.29) is 63.2 Å². The van der Waals surface area contributed by atoms with E-state index in [1.165, 1.54) is 37.4 Å². The largest absolute Gasteiger partial charge is 1.00 e. The molecule has 1 aromatic heterocycles. The number of rotatable bonds is 3. The Hall–Kier alpha value is -1.84. The minimum atomic E-state index is -4.80. The van der Waals surface area contributed by atoms with Crippen molar-refractivity contribution in [2.24, 2.45) is 0 Å².